The van der Waals surface area contributed by atoms with Gasteiger partial charge in [0.15, 0.2) is 5.11 Å². The Kier molecular flexibility index (Phi) is 6.05. The number of hydrogen-bond acceptors (Lipinski definition) is 5. The Balaban J connectivity index is 2.10. The van der Waals surface area contributed by atoms with Gasteiger partial charge >= 0.3 is 0 Å². The van der Waals surface area contributed by atoms with Crippen molar-refractivity contribution in [1.82, 2.24) is 5.32 Å². The molecule has 0 saturated carbocycles. The predicted molar refractivity (Wildman–Crippen MR) is 102 cm³/mol. The average molecular weight is 424 g/mol. The third kappa shape index (κ3) is 4.74. The molecule has 0 heterocycles. The molecule has 0 atom stereocenters. The van der Waals surface area contributed by atoms with Gasteiger partial charge in [0.2, 0.25) is 0 Å². The van der Waals surface area contributed by atoms with Crippen LogP contribution in [0, 0.1) is 17.0 Å². The number of nitro groups is 1. The van der Waals surface area contributed by atoms with E-state index in [4.69, 9.17) is 17.0 Å². The summed E-state index contributed by atoms with van der Waals surface area (Å²) in [6.07, 6.45) is 0. The third-order valence-electron chi connectivity index (χ3n) is 3.25. The minimum absolute atomic E-state index is 0.0325. The molecule has 1 amide bonds. The lowest BCUT2D eigenvalue weighted by molar-refractivity contribution is -0.384. The molecule has 9 heteroatoms. The van der Waals surface area contributed by atoms with Crippen molar-refractivity contribution < 1.29 is 14.5 Å². The molecule has 25 heavy (non-hydrogen) atoms. The molecular weight excluding hydrogens is 410 g/mol. The van der Waals surface area contributed by atoms with Crippen LogP contribution in [-0.2, 0) is 0 Å². The maximum absolute atomic E-state index is 12.4. The summed E-state index contributed by atoms with van der Waals surface area (Å²) in [6.45, 7) is 1.83. The molecule has 2 rings (SSSR count). The number of rotatable bonds is 4. The van der Waals surface area contributed by atoms with Gasteiger partial charge < -0.3 is 10.1 Å². The van der Waals surface area contributed by atoms with Crippen molar-refractivity contribution in [3.8, 4) is 5.75 Å². The number of aryl methyl sites for hydroxylation is 1. The minimum atomic E-state index is -0.494. The van der Waals surface area contributed by atoms with E-state index >= 15 is 0 Å². The van der Waals surface area contributed by atoms with E-state index in [9.17, 15) is 14.9 Å². The predicted octanol–water partition coefficient (Wildman–Crippen LogP) is 3.80. The van der Waals surface area contributed by atoms with Crippen LogP contribution in [0.5, 0.6) is 5.75 Å². The van der Waals surface area contributed by atoms with E-state index in [0.29, 0.717) is 17.0 Å². The maximum atomic E-state index is 12.4. The molecule has 0 spiro atoms. The number of carbonyl (C=O) groups excluding carboxylic acids is 1. The summed E-state index contributed by atoms with van der Waals surface area (Å²) in [5.41, 5.74) is 1.63. The molecule has 2 aromatic carbocycles. The maximum Gasteiger partial charge on any atom is 0.269 e. The Morgan fingerprint density at radius 3 is 2.48 bits per heavy atom. The summed E-state index contributed by atoms with van der Waals surface area (Å²) in [6, 6.07) is 9.15. The van der Waals surface area contributed by atoms with Gasteiger partial charge in [0.25, 0.3) is 11.6 Å². The molecule has 0 radical (unpaired) electrons. The Bertz CT molecular complexity index is 840. The number of halogens is 1. The molecule has 0 aromatic heterocycles. The zero-order chi connectivity index (χ0) is 18.6. The highest BCUT2D eigenvalue weighted by atomic mass is 79.9. The lowest BCUT2D eigenvalue weighted by atomic mass is 10.1. The number of anilines is 1. The zero-order valence-corrected chi connectivity index (χ0v) is 15.7. The number of nitrogens with zero attached hydrogens (tertiary/aromatic N) is 1. The Hall–Kier alpha value is -2.52. The number of carbonyl (C=O) groups is 1. The van der Waals surface area contributed by atoms with Crippen LogP contribution in [0.3, 0.4) is 0 Å². The fourth-order valence-electron chi connectivity index (χ4n) is 2.17. The monoisotopic (exact) mass is 423 g/mol. The second-order valence-electron chi connectivity index (χ2n) is 5.02. The molecule has 2 aromatic rings. The summed E-state index contributed by atoms with van der Waals surface area (Å²) in [5, 5.41) is 16.1. The van der Waals surface area contributed by atoms with Gasteiger partial charge in [-0.2, -0.15) is 0 Å². The van der Waals surface area contributed by atoms with E-state index < -0.39 is 10.8 Å². The summed E-state index contributed by atoms with van der Waals surface area (Å²) in [4.78, 5) is 22.6. The van der Waals surface area contributed by atoms with Gasteiger partial charge in [0, 0.05) is 22.3 Å². The molecule has 0 bridgehead atoms. The highest BCUT2D eigenvalue weighted by Crippen LogP contribution is 2.27. The smallest absolute Gasteiger partial charge is 0.269 e. The number of benzene rings is 2. The fourth-order valence-corrected chi connectivity index (χ4v) is 2.95. The number of non-ortho nitro benzene ring substituents is 1. The Labute approximate surface area is 157 Å². The van der Waals surface area contributed by atoms with E-state index in [1.807, 2.05) is 13.0 Å². The van der Waals surface area contributed by atoms with Crippen LogP contribution in [0.15, 0.2) is 40.9 Å². The molecule has 2 N–H and O–H groups in total. The number of methoxy groups -OCH3 is 1. The van der Waals surface area contributed by atoms with Crippen molar-refractivity contribution in [2.24, 2.45) is 0 Å². The van der Waals surface area contributed by atoms with Gasteiger partial charge in [0.05, 0.1) is 17.6 Å². The first-order chi connectivity index (χ1) is 11.8. The molecule has 130 valence electrons. The molecule has 7 nitrogen and oxygen atoms in total. The lowest BCUT2D eigenvalue weighted by Crippen LogP contribution is -2.34. The number of thiocarbonyl (C=S) groups is 1. The standard InChI is InChI=1S/C16H14BrN3O4S/c1-9-7-10(17)8-13(14(9)24-2)15(21)19-16(25)18-11-3-5-12(6-4-11)20(22)23/h3-8H,1-2H3,(H2,18,19,21,25). The second-order valence-corrected chi connectivity index (χ2v) is 6.34. The van der Waals surface area contributed by atoms with Crippen LogP contribution < -0.4 is 15.4 Å². The topological polar surface area (TPSA) is 93.5 Å². The van der Waals surface area contributed by atoms with Crippen molar-refractivity contribution in [2.75, 3.05) is 12.4 Å². The first-order valence-electron chi connectivity index (χ1n) is 7.02. The molecular formula is C16H14BrN3O4S. The second kappa shape index (κ2) is 8.04. The van der Waals surface area contributed by atoms with Gasteiger partial charge in [-0.1, -0.05) is 15.9 Å². The summed E-state index contributed by atoms with van der Waals surface area (Å²) in [5.74, 6) is 0.0273. The SMILES string of the molecule is COc1c(C)cc(Br)cc1C(=O)NC(=S)Nc1ccc([N+](=O)[O-])cc1. The van der Waals surface area contributed by atoms with E-state index in [-0.39, 0.29) is 10.8 Å². The van der Waals surface area contributed by atoms with E-state index in [0.717, 1.165) is 10.0 Å². The van der Waals surface area contributed by atoms with Gasteiger partial charge in [0.1, 0.15) is 5.75 Å². The van der Waals surface area contributed by atoms with Gasteiger partial charge in [-0.15, -0.1) is 0 Å². The van der Waals surface area contributed by atoms with Crippen molar-refractivity contribution >= 4 is 50.5 Å². The molecule has 0 unspecified atom stereocenters. The van der Waals surface area contributed by atoms with Gasteiger partial charge in [-0.05, 0) is 49.0 Å². The summed E-state index contributed by atoms with van der Waals surface area (Å²) < 4.78 is 6.02. The number of amides is 1. The van der Waals surface area contributed by atoms with Crippen molar-refractivity contribution in [1.29, 1.82) is 0 Å². The van der Waals surface area contributed by atoms with Gasteiger partial charge in [-0.3, -0.25) is 20.2 Å². The van der Waals surface area contributed by atoms with Crippen LogP contribution in [0.2, 0.25) is 0 Å². The normalized spacial score (nSPS) is 10.0. The van der Waals surface area contributed by atoms with E-state index in [2.05, 4.69) is 26.6 Å². The van der Waals surface area contributed by atoms with Crippen LogP contribution in [0.25, 0.3) is 0 Å². The van der Waals surface area contributed by atoms with Crippen LogP contribution in [0.4, 0.5) is 11.4 Å². The zero-order valence-electron chi connectivity index (χ0n) is 13.3. The number of hydrogen-bond donors (Lipinski definition) is 2. The fraction of sp³-hybridized carbons (Fsp3) is 0.125. The highest BCUT2D eigenvalue weighted by Gasteiger charge is 2.17. The molecule has 0 saturated heterocycles. The first kappa shape index (κ1) is 18.8. The summed E-state index contributed by atoms with van der Waals surface area (Å²) in [7, 11) is 1.49. The molecule has 0 fully saturated rings. The molecule has 0 aliphatic heterocycles. The number of nitrogens with one attached hydrogen (secondary N) is 2. The summed E-state index contributed by atoms with van der Waals surface area (Å²) >= 11 is 8.46. The number of ether oxygens (including phenoxy) is 1. The first-order valence-corrected chi connectivity index (χ1v) is 8.23. The number of nitro benzene ring substituents is 1. The molecule has 0 aliphatic carbocycles. The van der Waals surface area contributed by atoms with E-state index in [1.165, 1.54) is 31.4 Å². The van der Waals surface area contributed by atoms with Gasteiger partial charge in [-0.25, -0.2) is 0 Å². The van der Waals surface area contributed by atoms with Crippen molar-refractivity contribution in [2.45, 2.75) is 6.92 Å². The van der Waals surface area contributed by atoms with Crippen LogP contribution >= 0.6 is 28.1 Å². The van der Waals surface area contributed by atoms with E-state index in [1.54, 1.807) is 6.07 Å². The Morgan fingerprint density at radius 2 is 1.92 bits per heavy atom. The minimum Gasteiger partial charge on any atom is -0.496 e. The lowest BCUT2D eigenvalue weighted by Gasteiger charge is -2.13. The van der Waals surface area contributed by atoms with Crippen LogP contribution in [0.1, 0.15) is 15.9 Å². The third-order valence-corrected chi connectivity index (χ3v) is 3.91. The highest BCUT2D eigenvalue weighted by molar-refractivity contribution is 9.10. The average Bonchev–Trinajstić information content (AvgIpc) is 2.54. The molecule has 0 aliphatic rings. The van der Waals surface area contributed by atoms with Crippen molar-refractivity contribution in [3.05, 3.63) is 62.1 Å². The Morgan fingerprint density at radius 1 is 1.28 bits per heavy atom. The van der Waals surface area contributed by atoms with Crippen molar-refractivity contribution in [3.63, 3.8) is 0 Å². The largest absolute Gasteiger partial charge is 0.496 e. The quantitative estimate of drug-likeness (QED) is 0.441. The van der Waals surface area contributed by atoms with Crippen LogP contribution in [-0.4, -0.2) is 23.1 Å².